The van der Waals surface area contributed by atoms with Crippen LogP contribution in [0.4, 0.5) is 5.69 Å². The number of carbonyl (C=O) groups excluding carboxylic acids is 2. The van der Waals surface area contributed by atoms with Crippen LogP contribution in [-0.2, 0) is 14.3 Å². The second-order valence-electron chi connectivity index (χ2n) is 6.55. The fourth-order valence-corrected chi connectivity index (χ4v) is 3.98. The molecule has 0 spiro atoms. The van der Waals surface area contributed by atoms with Gasteiger partial charge in [0.05, 0.1) is 12.8 Å². The first-order chi connectivity index (χ1) is 11.2. The van der Waals surface area contributed by atoms with E-state index in [1.54, 1.807) is 25.3 Å². The summed E-state index contributed by atoms with van der Waals surface area (Å²) in [4.78, 5) is 23.8. The van der Waals surface area contributed by atoms with Crippen LogP contribution < -0.4 is 10.1 Å². The molecule has 3 atom stereocenters. The molecule has 1 amide bonds. The molecule has 0 aromatic heterocycles. The summed E-state index contributed by atoms with van der Waals surface area (Å²) in [6.07, 6.45) is 5.43. The Bertz CT molecular complexity index is 586. The molecule has 1 aromatic carbocycles. The molecule has 124 valence electrons. The second kappa shape index (κ2) is 7.02. The van der Waals surface area contributed by atoms with Crippen molar-refractivity contribution < 1.29 is 19.1 Å². The second-order valence-corrected chi connectivity index (χ2v) is 6.55. The number of rotatable bonds is 6. The molecule has 2 saturated carbocycles. The van der Waals surface area contributed by atoms with Crippen molar-refractivity contribution in [3.8, 4) is 5.75 Å². The molecule has 2 bridgehead atoms. The number of carbonyl (C=O) groups is 2. The number of para-hydroxylation sites is 2. The minimum absolute atomic E-state index is 0.252. The lowest BCUT2D eigenvalue weighted by molar-refractivity contribution is -0.148. The summed E-state index contributed by atoms with van der Waals surface area (Å²) < 4.78 is 10.3. The quantitative estimate of drug-likeness (QED) is 0.819. The Hall–Kier alpha value is -2.04. The van der Waals surface area contributed by atoms with Crippen LogP contribution in [0.3, 0.4) is 0 Å². The predicted octanol–water partition coefficient (Wildman–Crippen LogP) is 3.00. The first-order valence-corrected chi connectivity index (χ1v) is 8.24. The van der Waals surface area contributed by atoms with Gasteiger partial charge in [0.2, 0.25) is 0 Å². The van der Waals surface area contributed by atoms with Gasteiger partial charge in [-0.05, 0) is 49.1 Å². The highest BCUT2D eigenvalue weighted by Gasteiger charge is 2.40. The molecule has 2 fully saturated rings. The van der Waals surface area contributed by atoms with E-state index in [0.717, 1.165) is 12.3 Å². The number of hydrogen-bond acceptors (Lipinski definition) is 4. The average molecular weight is 317 g/mol. The van der Waals surface area contributed by atoms with Crippen molar-refractivity contribution in [2.45, 2.75) is 32.1 Å². The molecule has 2 aliphatic rings. The molecule has 0 unspecified atom stereocenters. The van der Waals surface area contributed by atoms with Crippen molar-refractivity contribution in [1.29, 1.82) is 0 Å². The molecule has 3 rings (SSSR count). The van der Waals surface area contributed by atoms with Gasteiger partial charge in [-0.2, -0.15) is 0 Å². The number of amides is 1. The van der Waals surface area contributed by atoms with Crippen molar-refractivity contribution in [3.63, 3.8) is 0 Å². The lowest BCUT2D eigenvalue weighted by Crippen LogP contribution is -2.23. The summed E-state index contributed by atoms with van der Waals surface area (Å²) in [5, 5.41) is 2.70. The summed E-state index contributed by atoms with van der Waals surface area (Å²) in [6, 6.07) is 7.13. The van der Waals surface area contributed by atoms with Gasteiger partial charge in [-0.3, -0.25) is 9.59 Å². The van der Waals surface area contributed by atoms with E-state index in [9.17, 15) is 9.59 Å². The Morgan fingerprint density at radius 2 is 2.04 bits per heavy atom. The highest BCUT2D eigenvalue weighted by molar-refractivity contribution is 5.94. The van der Waals surface area contributed by atoms with E-state index in [2.05, 4.69) is 5.32 Å². The first-order valence-electron chi connectivity index (χ1n) is 8.24. The summed E-state index contributed by atoms with van der Waals surface area (Å²) in [6.45, 7) is -0.252. The Morgan fingerprint density at radius 1 is 1.22 bits per heavy atom. The smallest absolute Gasteiger partial charge is 0.306 e. The number of ether oxygens (including phenoxy) is 2. The predicted molar refractivity (Wildman–Crippen MR) is 86.1 cm³/mol. The summed E-state index contributed by atoms with van der Waals surface area (Å²) in [5.41, 5.74) is 0.573. The van der Waals surface area contributed by atoms with Gasteiger partial charge in [-0.1, -0.05) is 18.6 Å². The molecule has 1 aromatic rings. The molecular weight excluding hydrogens is 294 g/mol. The third-order valence-corrected chi connectivity index (χ3v) is 5.06. The van der Waals surface area contributed by atoms with Crippen LogP contribution in [0.2, 0.25) is 0 Å². The van der Waals surface area contributed by atoms with Crippen LogP contribution in [0.5, 0.6) is 5.75 Å². The first kappa shape index (κ1) is 15.8. The van der Waals surface area contributed by atoms with Gasteiger partial charge in [-0.15, -0.1) is 0 Å². The number of anilines is 1. The number of fused-ring (bicyclic) bond motifs is 2. The van der Waals surface area contributed by atoms with E-state index < -0.39 is 0 Å². The van der Waals surface area contributed by atoms with Crippen LogP contribution in [0, 0.1) is 17.8 Å². The van der Waals surface area contributed by atoms with E-state index in [1.165, 1.54) is 19.3 Å². The van der Waals surface area contributed by atoms with Crippen LogP contribution in [-0.4, -0.2) is 25.6 Å². The van der Waals surface area contributed by atoms with E-state index in [4.69, 9.17) is 9.47 Å². The van der Waals surface area contributed by atoms with Crippen LogP contribution >= 0.6 is 0 Å². The zero-order valence-corrected chi connectivity index (χ0v) is 13.4. The third-order valence-electron chi connectivity index (χ3n) is 5.06. The van der Waals surface area contributed by atoms with Crippen molar-refractivity contribution >= 4 is 17.6 Å². The standard InChI is InChI=1S/C18H23NO4/c1-22-16-5-3-2-4-15(16)19-17(20)11-23-18(21)10-14-9-12-6-7-13(14)8-12/h2-5,12-14H,6-11H2,1H3,(H,19,20)/t12-,13+,14+/m0/s1. The van der Waals surface area contributed by atoms with Crippen LogP contribution in [0.1, 0.15) is 32.1 Å². The Kier molecular flexibility index (Phi) is 4.84. The highest BCUT2D eigenvalue weighted by atomic mass is 16.5. The van der Waals surface area contributed by atoms with E-state index in [1.807, 2.05) is 6.07 Å². The Morgan fingerprint density at radius 3 is 2.74 bits per heavy atom. The molecule has 1 N–H and O–H groups in total. The Balaban J connectivity index is 1.42. The molecule has 0 aliphatic heterocycles. The monoisotopic (exact) mass is 317 g/mol. The molecule has 0 radical (unpaired) electrons. The molecule has 2 aliphatic carbocycles. The van der Waals surface area contributed by atoms with Crippen molar-refractivity contribution in [1.82, 2.24) is 0 Å². The van der Waals surface area contributed by atoms with Crippen molar-refractivity contribution in [2.75, 3.05) is 19.0 Å². The normalized spacial score (nSPS) is 25.2. The topological polar surface area (TPSA) is 64.6 Å². The fraction of sp³-hybridized carbons (Fsp3) is 0.556. The maximum atomic E-state index is 11.9. The number of methoxy groups -OCH3 is 1. The van der Waals surface area contributed by atoms with Crippen molar-refractivity contribution in [3.05, 3.63) is 24.3 Å². The highest BCUT2D eigenvalue weighted by Crippen LogP contribution is 2.49. The Labute approximate surface area is 136 Å². The molecule has 23 heavy (non-hydrogen) atoms. The van der Waals surface area contributed by atoms with Gasteiger partial charge in [0, 0.05) is 6.42 Å². The SMILES string of the molecule is COc1ccccc1NC(=O)COC(=O)C[C@H]1C[C@H]2CC[C@@H]1C2. The van der Waals surface area contributed by atoms with Crippen molar-refractivity contribution in [2.24, 2.45) is 17.8 Å². The third kappa shape index (κ3) is 3.84. The number of nitrogens with one attached hydrogen (secondary N) is 1. The van der Waals surface area contributed by atoms with E-state index in [-0.39, 0.29) is 18.5 Å². The molecular formula is C18H23NO4. The lowest BCUT2D eigenvalue weighted by atomic mass is 9.86. The number of hydrogen-bond donors (Lipinski definition) is 1. The van der Waals surface area contributed by atoms with Crippen LogP contribution in [0.25, 0.3) is 0 Å². The molecule has 5 heteroatoms. The average Bonchev–Trinajstić information content (AvgIpc) is 3.16. The molecule has 0 saturated heterocycles. The van der Waals surface area contributed by atoms with Gasteiger partial charge >= 0.3 is 5.97 Å². The van der Waals surface area contributed by atoms with E-state index >= 15 is 0 Å². The summed E-state index contributed by atoms with van der Waals surface area (Å²) >= 11 is 0. The minimum Gasteiger partial charge on any atom is -0.495 e. The molecule has 5 nitrogen and oxygen atoms in total. The van der Waals surface area contributed by atoms with Gasteiger partial charge in [0.25, 0.3) is 5.91 Å². The van der Waals surface area contributed by atoms with Crippen LogP contribution in [0.15, 0.2) is 24.3 Å². The van der Waals surface area contributed by atoms with Gasteiger partial charge in [0.1, 0.15) is 5.75 Å². The van der Waals surface area contributed by atoms with Gasteiger partial charge in [-0.25, -0.2) is 0 Å². The maximum Gasteiger partial charge on any atom is 0.306 e. The lowest BCUT2D eigenvalue weighted by Gasteiger charge is -2.20. The largest absolute Gasteiger partial charge is 0.495 e. The summed E-state index contributed by atoms with van der Waals surface area (Å²) in [5.74, 6) is 1.92. The number of esters is 1. The number of benzene rings is 1. The maximum absolute atomic E-state index is 11.9. The summed E-state index contributed by atoms with van der Waals surface area (Å²) in [7, 11) is 1.54. The van der Waals surface area contributed by atoms with E-state index in [0.29, 0.717) is 29.7 Å². The van der Waals surface area contributed by atoms with Gasteiger partial charge in [0.15, 0.2) is 6.61 Å². The molecule has 0 heterocycles. The van der Waals surface area contributed by atoms with Gasteiger partial charge < -0.3 is 14.8 Å². The fourth-order valence-electron chi connectivity index (χ4n) is 3.98. The minimum atomic E-state index is -0.351. The zero-order valence-electron chi connectivity index (χ0n) is 13.4. The zero-order chi connectivity index (χ0) is 16.2.